The molecule has 23 heavy (non-hydrogen) atoms. The van der Waals surface area contributed by atoms with Crippen LogP contribution in [-0.4, -0.2) is 41.2 Å². The average Bonchev–Trinajstić information content (AvgIpc) is 3.01. The van der Waals surface area contributed by atoms with Gasteiger partial charge in [-0.2, -0.15) is 0 Å². The second-order valence-corrected chi connectivity index (χ2v) is 7.87. The Morgan fingerprint density at radius 1 is 1.17 bits per heavy atom. The van der Waals surface area contributed by atoms with E-state index in [2.05, 4.69) is 11.0 Å². The van der Waals surface area contributed by atoms with Crippen molar-refractivity contribution >= 4 is 21.6 Å². The molecule has 0 radical (unpaired) electrons. The molecule has 0 bridgehead atoms. The van der Waals surface area contributed by atoms with E-state index in [4.69, 9.17) is 14.7 Å². The van der Waals surface area contributed by atoms with Crippen LogP contribution in [0.2, 0.25) is 0 Å². The van der Waals surface area contributed by atoms with Crippen LogP contribution in [0.5, 0.6) is 0 Å². The normalized spacial score (nSPS) is 21.1. The summed E-state index contributed by atoms with van der Waals surface area (Å²) in [6.07, 6.45) is 6.85. The van der Waals surface area contributed by atoms with E-state index >= 15 is 0 Å². The van der Waals surface area contributed by atoms with Crippen LogP contribution in [0, 0.1) is 6.92 Å². The molecule has 0 unspecified atom stereocenters. The molecule has 2 aromatic rings. The van der Waals surface area contributed by atoms with Crippen molar-refractivity contribution in [1.29, 1.82) is 0 Å². The topological polar surface area (TPSA) is 38.2 Å². The van der Waals surface area contributed by atoms with E-state index in [9.17, 15) is 0 Å². The number of hydrogen-bond donors (Lipinski definition) is 0. The number of morpholine rings is 1. The smallest absolute Gasteiger partial charge is 0.127 e. The maximum absolute atomic E-state index is 5.46. The third-order valence-electron chi connectivity index (χ3n) is 5.09. The number of nitrogens with zero attached hydrogens (tertiary/aromatic N) is 3. The Kier molecular flexibility index (Phi) is 4.60. The highest BCUT2D eigenvalue weighted by molar-refractivity contribution is 7.18. The molecular formula is C18H25N3OS. The lowest BCUT2D eigenvalue weighted by molar-refractivity contribution is 0.0338. The summed E-state index contributed by atoms with van der Waals surface area (Å²) in [5, 5.41) is 1.28. The SMILES string of the molecule is Cc1nc(CN2CCOCC2)c2cc(C3CCCCC3)sc2n1. The zero-order chi connectivity index (χ0) is 15.6. The highest BCUT2D eigenvalue weighted by atomic mass is 32.1. The lowest BCUT2D eigenvalue weighted by atomic mass is 9.88. The molecule has 5 heteroatoms. The van der Waals surface area contributed by atoms with Crippen molar-refractivity contribution in [3.05, 3.63) is 22.5 Å². The standard InChI is InChI=1S/C18H25N3OS/c1-13-19-16(12-21-7-9-22-10-8-21)15-11-17(23-18(15)20-13)14-5-3-2-4-6-14/h11,14H,2-10,12H2,1H3. The first-order chi connectivity index (χ1) is 11.3. The Bertz CT molecular complexity index is 672. The first-order valence-electron chi connectivity index (χ1n) is 8.86. The van der Waals surface area contributed by atoms with Gasteiger partial charge in [0.2, 0.25) is 0 Å². The van der Waals surface area contributed by atoms with Gasteiger partial charge >= 0.3 is 0 Å². The third kappa shape index (κ3) is 3.42. The molecule has 0 atom stereocenters. The maximum atomic E-state index is 5.46. The van der Waals surface area contributed by atoms with Crippen molar-refractivity contribution in [3.8, 4) is 0 Å². The van der Waals surface area contributed by atoms with Gasteiger partial charge in [-0.05, 0) is 31.7 Å². The van der Waals surface area contributed by atoms with Crippen molar-refractivity contribution in [1.82, 2.24) is 14.9 Å². The Labute approximate surface area is 141 Å². The first-order valence-corrected chi connectivity index (χ1v) is 9.68. The van der Waals surface area contributed by atoms with Gasteiger partial charge in [0.25, 0.3) is 0 Å². The number of thiophene rings is 1. The monoisotopic (exact) mass is 331 g/mol. The van der Waals surface area contributed by atoms with Crippen molar-refractivity contribution in [2.75, 3.05) is 26.3 Å². The summed E-state index contributed by atoms with van der Waals surface area (Å²) in [5.41, 5.74) is 1.20. The Hall–Kier alpha value is -1.04. The molecule has 4 rings (SSSR count). The van der Waals surface area contributed by atoms with Crippen LogP contribution >= 0.6 is 11.3 Å². The molecular weight excluding hydrogens is 306 g/mol. The van der Waals surface area contributed by atoms with Gasteiger partial charge in [0, 0.05) is 29.9 Å². The largest absolute Gasteiger partial charge is 0.379 e. The van der Waals surface area contributed by atoms with E-state index in [-0.39, 0.29) is 0 Å². The molecule has 0 spiro atoms. The number of aryl methyl sites for hydroxylation is 1. The van der Waals surface area contributed by atoms with Gasteiger partial charge in [0.05, 0.1) is 18.9 Å². The van der Waals surface area contributed by atoms with E-state index < -0.39 is 0 Å². The van der Waals surface area contributed by atoms with Gasteiger partial charge in [0.15, 0.2) is 0 Å². The summed E-state index contributed by atoms with van der Waals surface area (Å²) < 4.78 is 5.46. The van der Waals surface area contributed by atoms with E-state index in [0.717, 1.165) is 44.6 Å². The van der Waals surface area contributed by atoms with Crippen LogP contribution < -0.4 is 0 Å². The van der Waals surface area contributed by atoms with Crippen LogP contribution in [0.25, 0.3) is 10.2 Å². The van der Waals surface area contributed by atoms with Crippen molar-refractivity contribution in [3.63, 3.8) is 0 Å². The lowest BCUT2D eigenvalue weighted by Crippen LogP contribution is -2.36. The predicted octanol–water partition coefficient (Wildman–Crippen LogP) is 3.88. The average molecular weight is 331 g/mol. The number of rotatable bonds is 3. The first kappa shape index (κ1) is 15.5. The molecule has 2 fully saturated rings. The third-order valence-corrected chi connectivity index (χ3v) is 6.28. The van der Waals surface area contributed by atoms with Crippen LogP contribution in [-0.2, 0) is 11.3 Å². The van der Waals surface area contributed by atoms with Crippen LogP contribution in [0.4, 0.5) is 0 Å². The fraction of sp³-hybridized carbons (Fsp3) is 0.667. The highest BCUT2D eigenvalue weighted by Gasteiger charge is 2.21. The minimum Gasteiger partial charge on any atom is -0.379 e. The molecule has 2 aliphatic rings. The Morgan fingerprint density at radius 3 is 2.74 bits per heavy atom. The summed E-state index contributed by atoms with van der Waals surface area (Å²) >= 11 is 1.90. The number of ether oxygens (including phenoxy) is 1. The van der Waals surface area contributed by atoms with E-state index in [0.29, 0.717) is 0 Å². The van der Waals surface area contributed by atoms with Crippen LogP contribution in [0.3, 0.4) is 0 Å². The lowest BCUT2D eigenvalue weighted by Gasteiger charge is -2.26. The van der Waals surface area contributed by atoms with Gasteiger partial charge in [0.1, 0.15) is 10.7 Å². The van der Waals surface area contributed by atoms with E-state index in [1.165, 1.54) is 52.9 Å². The second-order valence-electron chi connectivity index (χ2n) is 6.81. The molecule has 2 aromatic heterocycles. The summed E-state index contributed by atoms with van der Waals surface area (Å²) in [5.74, 6) is 1.65. The minimum atomic E-state index is 0.750. The quantitative estimate of drug-likeness (QED) is 0.855. The molecule has 0 aromatic carbocycles. The summed E-state index contributed by atoms with van der Waals surface area (Å²) in [6.45, 7) is 6.62. The molecule has 1 aliphatic heterocycles. The van der Waals surface area contributed by atoms with E-state index in [1.54, 1.807) is 0 Å². The Morgan fingerprint density at radius 2 is 1.96 bits per heavy atom. The van der Waals surface area contributed by atoms with E-state index in [1.807, 2.05) is 18.3 Å². The summed E-state index contributed by atoms with van der Waals surface area (Å²) in [6, 6.07) is 2.39. The number of hydrogen-bond acceptors (Lipinski definition) is 5. The second kappa shape index (κ2) is 6.83. The molecule has 3 heterocycles. The summed E-state index contributed by atoms with van der Waals surface area (Å²) in [4.78, 5) is 14.6. The van der Waals surface area contributed by atoms with Crippen molar-refractivity contribution in [2.45, 2.75) is 51.5 Å². The number of fused-ring (bicyclic) bond motifs is 1. The fourth-order valence-corrected chi connectivity index (χ4v) is 5.06. The number of aromatic nitrogens is 2. The van der Waals surface area contributed by atoms with Crippen molar-refractivity contribution < 1.29 is 4.74 Å². The molecule has 4 nitrogen and oxygen atoms in total. The van der Waals surface area contributed by atoms with Gasteiger partial charge in [-0.3, -0.25) is 4.90 Å². The summed E-state index contributed by atoms with van der Waals surface area (Å²) in [7, 11) is 0. The van der Waals surface area contributed by atoms with Gasteiger partial charge in [-0.15, -0.1) is 11.3 Å². The Balaban J connectivity index is 1.64. The molecule has 0 amide bonds. The highest BCUT2D eigenvalue weighted by Crippen LogP contribution is 2.39. The zero-order valence-corrected chi connectivity index (χ0v) is 14.7. The van der Waals surface area contributed by atoms with Gasteiger partial charge in [-0.25, -0.2) is 9.97 Å². The predicted molar refractivity (Wildman–Crippen MR) is 94.1 cm³/mol. The molecule has 0 N–H and O–H groups in total. The van der Waals surface area contributed by atoms with Gasteiger partial charge < -0.3 is 4.74 Å². The molecule has 124 valence electrons. The van der Waals surface area contributed by atoms with Crippen LogP contribution in [0.1, 0.15) is 54.4 Å². The maximum Gasteiger partial charge on any atom is 0.127 e. The zero-order valence-electron chi connectivity index (χ0n) is 13.9. The van der Waals surface area contributed by atoms with Crippen molar-refractivity contribution in [2.24, 2.45) is 0 Å². The molecule has 1 saturated carbocycles. The molecule has 1 saturated heterocycles. The fourth-order valence-electron chi connectivity index (χ4n) is 3.80. The van der Waals surface area contributed by atoms with Gasteiger partial charge in [-0.1, -0.05) is 19.3 Å². The van der Waals surface area contributed by atoms with Crippen LogP contribution in [0.15, 0.2) is 6.07 Å². The molecule has 1 aliphatic carbocycles. The minimum absolute atomic E-state index is 0.750.